The largest absolute Gasteiger partial charge is 0.330 e. The summed E-state index contributed by atoms with van der Waals surface area (Å²) < 4.78 is 0. The predicted molar refractivity (Wildman–Crippen MR) is 91.9 cm³/mol. The van der Waals surface area contributed by atoms with Crippen LogP contribution in [0.25, 0.3) is 0 Å². The summed E-state index contributed by atoms with van der Waals surface area (Å²) in [6, 6.07) is 0. The van der Waals surface area contributed by atoms with Gasteiger partial charge in [0.25, 0.3) is 10.2 Å². The standard InChI is InChI=1S/C17H29N3O6/c1-2-3-15-4-13-5-16(9-15,11-17(6-13,10-15)12-18)7-14(26-20(23)24)8-25-19(21)22/h13-14H,2-12,18H2,1H3. The lowest BCUT2D eigenvalue weighted by Gasteiger charge is -2.67. The van der Waals surface area contributed by atoms with E-state index in [0.29, 0.717) is 18.9 Å². The van der Waals surface area contributed by atoms with Crippen molar-refractivity contribution in [2.75, 3.05) is 13.2 Å². The van der Waals surface area contributed by atoms with Gasteiger partial charge in [-0.1, -0.05) is 13.3 Å². The molecule has 5 atom stereocenters. The molecule has 4 rings (SSSR count). The van der Waals surface area contributed by atoms with Gasteiger partial charge in [0.2, 0.25) is 0 Å². The summed E-state index contributed by atoms with van der Waals surface area (Å²) in [5, 5.41) is 19.6. The smallest absolute Gasteiger partial charge is 0.294 e. The molecule has 4 saturated carbocycles. The fourth-order valence-electron chi connectivity index (χ4n) is 7.20. The molecule has 4 bridgehead atoms. The van der Waals surface area contributed by atoms with Crippen LogP contribution < -0.4 is 5.73 Å². The predicted octanol–water partition coefficient (Wildman–Crippen LogP) is 2.88. The molecule has 4 aliphatic carbocycles. The molecule has 0 saturated heterocycles. The third-order valence-electron chi connectivity index (χ3n) is 6.89. The van der Waals surface area contributed by atoms with Crippen LogP contribution in [0, 0.1) is 42.4 Å². The molecular weight excluding hydrogens is 342 g/mol. The molecule has 0 radical (unpaired) electrons. The number of rotatable bonds is 10. The minimum absolute atomic E-state index is 0.0887. The second-order valence-corrected chi connectivity index (χ2v) is 9.14. The van der Waals surface area contributed by atoms with Crippen molar-refractivity contribution in [3.63, 3.8) is 0 Å². The monoisotopic (exact) mass is 371 g/mol. The van der Waals surface area contributed by atoms with Gasteiger partial charge in [0, 0.05) is 0 Å². The van der Waals surface area contributed by atoms with E-state index in [1.165, 1.54) is 6.42 Å². The fraction of sp³-hybridized carbons (Fsp3) is 1.00. The van der Waals surface area contributed by atoms with Crippen LogP contribution in [0.5, 0.6) is 0 Å². The third-order valence-corrected chi connectivity index (χ3v) is 6.89. The minimum Gasteiger partial charge on any atom is -0.330 e. The Hall–Kier alpha value is -1.64. The molecule has 4 aliphatic rings. The van der Waals surface area contributed by atoms with Crippen molar-refractivity contribution in [2.45, 2.75) is 70.8 Å². The van der Waals surface area contributed by atoms with Gasteiger partial charge >= 0.3 is 0 Å². The maximum Gasteiger partial charge on any atom is 0.294 e. The topological polar surface area (TPSA) is 131 Å². The highest BCUT2D eigenvalue weighted by atomic mass is 17.0. The third kappa shape index (κ3) is 3.72. The molecule has 0 heterocycles. The molecule has 2 N–H and O–H groups in total. The van der Waals surface area contributed by atoms with Crippen LogP contribution in [-0.2, 0) is 9.68 Å². The van der Waals surface area contributed by atoms with E-state index in [1.807, 2.05) is 0 Å². The van der Waals surface area contributed by atoms with Crippen molar-refractivity contribution in [3.8, 4) is 0 Å². The summed E-state index contributed by atoms with van der Waals surface area (Å²) in [6.45, 7) is 2.43. The van der Waals surface area contributed by atoms with Gasteiger partial charge < -0.3 is 15.4 Å². The first-order chi connectivity index (χ1) is 12.2. The average molecular weight is 371 g/mol. The van der Waals surface area contributed by atoms with Crippen LogP contribution in [0.2, 0.25) is 0 Å². The van der Waals surface area contributed by atoms with Crippen molar-refractivity contribution < 1.29 is 19.8 Å². The molecule has 0 aromatic rings. The molecule has 9 heteroatoms. The van der Waals surface area contributed by atoms with E-state index in [-0.39, 0.29) is 16.2 Å². The molecule has 26 heavy (non-hydrogen) atoms. The van der Waals surface area contributed by atoms with E-state index in [1.54, 1.807) is 0 Å². The van der Waals surface area contributed by atoms with E-state index in [2.05, 4.69) is 11.8 Å². The van der Waals surface area contributed by atoms with Gasteiger partial charge in [-0.05, 0) is 80.1 Å². The van der Waals surface area contributed by atoms with Crippen LogP contribution in [0.3, 0.4) is 0 Å². The molecule has 0 aromatic heterocycles. The molecule has 4 fully saturated rings. The zero-order valence-electron chi connectivity index (χ0n) is 15.4. The first-order valence-corrected chi connectivity index (χ1v) is 9.52. The second kappa shape index (κ2) is 6.83. The number of hydrogen-bond donors (Lipinski definition) is 1. The van der Waals surface area contributed by atoms with Crippen LogP contribution in [-0.4, -0.2) is 29.4 Å². The normalized spacial score (nSPS) is 38.8. The van der Waals surface area contributed by atoms with E-state index < -0.39 is 22.9 Å². The second-order valence-electron chi connectivity index (χ2n) is 9.14. The van der Waals surface area contributed by atoms with Gasteiger partial charge in [-0.3, -0.25) is 0 Å². The SMILES string of the molecule is CCCC12CC3CC(CN)(C1)CC(CC(CO[N+](=O)[O-])O[N+](=O)[O-])(C3)C2. The molecule has 9 nitrogen and oxygen atoms in total. The maximum absolute atomic E-state index is 10.9. The van der Waals surface area contributed by atoms with Crippen LogP contribution in [0.4, 0.5) is 0 Å². The van der Waals surface area contributed by atoms with Gasteiger partial charge in [0.15, 0.2) is 0 Å². The van der Waals surface area contributed by atoms with Crippen LogP contribution >= 0.6 is 0 Å². The summed E-state index contributed by atoms with van der Waals surface area (Å²) in [7, 11) is 0. The van der Waals surface area contributed by atoms with Crippen molar-refractivity contribution in [1.82, 2.24) is 0 Å². The lowest BCUT2D eigenvalue weighted by molar-refractivity contribution is -0.790. The molecule has 0 aromatic carbocycles. The first kappa shape index (κ1) is 19.1. The lowest BCUT2D eigenvalue weighted by Crippen LogP contribution is -2.59. The Kier molecular flexibility index (Phi) is 5.02. The zero-order valence-corrected chi connectivity index (χ0v) is 15.4. The van der Waals surface area contributed by atoms with Crippen molar-refractivity contribution in [3.05, 3.63) is 20.2 Å². The Balaban J connectivity index is 1.82. The molecule has 148 valence electrons. The van der Waals surface area contributed by atoms with Crippen LogP contribution in [0.1, 0.15) is 64.7 Å². The average Bonchev–Trinajstić information content (AvgIpc) is 2.50. The molecule has 5 unspecified atom stereocenters. The van der Waals surface area contributed by atoms with Gasteiger partial charge in [0.1, 0.15) is 12.7 Å². The highest BCUT2D eigenvalue weighted by Crippen LogP contribution is 2.71. The van der Waals surface area contributed by atoms with Gasteiger partial charge in [-0.2, -0.15) is 0 Å². The highest BCUT2D eigenvalue weighted by Gasteiger charge is 2.62. The Morgan fingerprint density at radius 2 is 1.69 bits per heavy atom. The molecule has 0 aliphatic heterocycles. The highest BCUT2D eigenvalue weighted by molar-refractivity contribution is 5.13. The van der Waals surface area contributed by atoms with Crippen molar-refractivity contribution >= 4 is 0 Å². The Labute approximate surface area is 152 Å². The number of nitrogens with zero attached hydrogens (tertiary/aromatic N) is 2. The summed E-state index contributed by atoms with van der Waals surface area (Å²) in [6.07, 6.45) is 8.24. The van der Waals surface area contributed by atoms with Gasteiger partial charge in [-0.15, -0.1) is 20.2 Å². The maximum atomic E-state index is 10.9. The Bertz CT molecular complexity index is 575. The zero-order chi connectivity index (χ0) is 19.0. The van der Waals surface area contributed by atoms with E-state index in [4.69, 9.17) is 10.6 Å². The first-order valence-electron chi connectivity index (χ1n) is 9.52. The molecule has 0 amide bonds. The van der Waals surface area contributed by atoms with E-state index in [9.17, 15) is 20.2 Å². The lowest BCUT2D eigenvalue weighted by atomic mass is 9.38. The molecular formula is C17H29N3O6. The van der Waals surface area contributed by atoms with Crippen molar-refractivity contribution in [1.29, 1.82) is 0 Å². The van der Waals surface area contributed by atoms with Crippen molar-refractivity contribution in [2.24, 2.45) is 27.9 Å². The van der Waals surface area contributed by atoms with E-state index in [0.717, 1.165) is 44.9 Å². The number of hydrogen-bond acceptors (Lipinski definition) is 7. The van der Waals surface area contributed by atoms with Gasteiger partial charge in [0.05, 0.1) is 0 Å². The van der Waals surface area contributed by atoms with Gasteiger partial charge in [-0.25, -0.2) is 0 Å². The molecule has 0 spiro atoms. The minimum atomic E-state index is -0.921. The Morgan fingerprint density at radius 3 is 2.31 bits per heavy atom. The summed E-state index contributed by atoms with van der Waals surface area (Å²) >= 11 is 0. The summed E-state index contributed by atoms with van der Waals surface area (Å²) in [4.78, 5) is 30.6. The van der Waals surface area contributed by atoms with Crippen LogP contribution in [0.15, 0.2) is 0 Å². The fourth-order valence-corrected chi connectivity index (χ4v) is 7.20. The number of nitrogens with two attached hydrogens (primary N) is 1. The quantitative estimate of drug-likeness (QED) is 0.461. The summed E-state index contributed by atoms with van der Waals surface area (Å²) in [5.41, 5.74) is 6.48. The Morgan fingerprint density at radius 1 is 1.08 bits per heavy atom. The summed E-state index contributed by atoms with van der Waals surface area (Å²) in [5.74, 6) is 0.592. The van der Waals surface area contributed by atoms with E-state index >= 15 is 0 Å².